The molecule has 5 rings (SSSR count). The highest BCUT2D eigenvalue weighted by Gasteiger charge is 2.31. The van der Waals surface area contributed by atoms with Crippen LogP contribution in [-0.2, 0) is 6.42 Å². The van der Waals surface area contributed by atoms with Crippen LogP contribution in [0.3, 0.4) is 0 Å². The van der Waals surface area contributed by atoms with E-state index in [0.717, 1.165) is 39.7 Å². The molecule has 3 aromatic carbocycles. The lowest BCUT2D eigenvalue weighted by Crippen LogP contribution is -2.44. The van der Waals surface area contributed by atoms with Crippen LogP contribution in [0.4, 0.5) is 5.69 Å². The molecule has 4 aromatic rings. The van der Waals surface area contributed by atoms with Crippen molar-refractivity contribution in [2.45, 2.75) is 26.3 Å². The predicted octanol–water partition coefficient (Wildman–Crippen LogP) is 5.80. The molecule has 0 fully saturated rings. The lowest BCUT2D eigenvalue weighted by molar-refractivity contribution is 0.190. The van der Waals surface area contributed by atoms with Gasteiger partial charge in [0.2, 0.25) is 0 Å². The lowest BCUT2D eigenvalue weighted by Gasteiger charge is -2.39. The minimum atomic E-state index is -0.381. The number of nitrogens with one attached hydrogen (secondary N) is 1. The standard InChI is InChI=1S/C30H30N2O5S/c1-18-7-5-6-8-24(18)31-30(38)32-12-11-20-14-27(34-3)28(35-4)16-23(20)25(32)17-36-21-9-10-22-19(2)13-29(33)37-26(22)15-21/h5-10,13-16,25H,11-12,17H2,1-4H3,(H,31,38)/t25-/m0/s1. The zero-order valence-electron chi connectivity index (χ0n) is 21.9. The third kappa shape index (κ3) is 5.04. The number of hydrogen-bond acceptors (Lipinski definition) is 6. The molecule has 2 heterocycles. The third-order valence-corrected chi connectivity index (χ3v) is 7.32. The third-order valence-electron chi connectivity index (χ3n) is 6.98. The Hall–Kier alpha value is -4.04. The van der Waals surface area contributed by atoms with Gasteiger partial charge in [0, 0.05) is 29.8 Å². The zero-order valence-corrected chi connectivity index (χ0v) is 22.7. The Labute approximate surface area is 226 Å². The minimum Gasteiger partial charge on any atom is -0.493 e. The van der Waals surface area contributed by atoms with Crippen LogP contribution in [-0.4, -0.2) is 37.4 Å². The van der Waals surface area contributed by atoms with Gasteiger partial charge < -0.3 is 28.8 Å². The SMILES string of the molecule is COc1cc2c(cc1OC)[C@H](COc1ccc3c(C)cc(=O)oc3c1)N(C(=S)Nc1ccccc1C)CC2. The normalized spacial score (nSPS) is 14.6. The molecule has 1 atom stereocenters. The number of aryl methyl sites for hydroxylation is 2. The molecule has 8 heteroatoms. The summed E-state index contributed by atoms with van der Waals surface area (Å²) >= 11 is 5.91. The van der Waals surface area contributed by atoms with Gasteiger partial charge in [-0.25, -0.2) is 4.79 Å². The fourth-order valence-electron chi connectivity index (χ4n) is 4.92. The molecule has 0 unspecified atom stereocenters. The van der Waals surface area contributed by atoms with Gasteiger partial charge in [-0.15, -0.1) is 0 Å². The maximum Gasteiger partial charge on any atom is 0.336 e. The molecule has 1 aliphatic rings. The summed E-state index contributed by atoms with van der Waals surface area (Å²) < 4.78 is 22.9. The smallest absolute Gasteiger partial charge is 0.336 e. The van der Waals surface area contributed by atoms with Gasteiger partial charge in [0.15, 0.2) is 16.6 Å². The van der Waals surface area contributed by atoms with Crippen LogP contribution in [0.15, 0.2) is 69.9 Å². The molecule has 0 aliphatic carbocycles. The van der Waals surface area contributed by atoms with Crippen LogP contribution in [0.5, 0.6) is 17.2 Å². The number of fused-ring (bicyclic) bond motifs is 2. The van der Waals surface area contributed by atoms with Crippen molar-refractivity contribution in [1.82, 2.24) is 4.90 Å². The second-order valence-corrected chi connectivity index (χ2v) is 9.71. The van der Waals surface area contributed by atoms with Gasteiger partial charge >= 0.3 is 5.63 Å². The van der Waals surface area contributed by atoms with Crippen molar-refractivity contribution in [3.63, 3.8) is 0 Å². The van der Waals surface area contributed by atoms with Gasteiger partial charge in [-0.3, -0.25) is 0 Å². The van der Waals surface area contributed by atoms with Crippen LogP contribution >= 0.6 is 12.2 Å². The highest BCUT2D eigenvalue weighted by molar-refractivity contribution is 7.80. The van der Waals surface area contributed by atoms with Gasteiger partial charge in [0.1, 0.15) is 17.9 Å². The van der Waals surface area contributed by atoms with E-state index in [0.29, 0.717) is 41.1 Å². The molecule has 1 N–H and O–H groups in total. The van der Waals surface area contributed by atoms with Crippen molar-refractivity contribution in [2.75, 3.05) is 32.7 Å². The first-order valence-corrected chi connectivity index (χ1v) is 12.8. The molecule has 38 heavy (non-hydrogen) atoms. The number of benzene rings is 3. The Morgan fingerprint density at radius 1 is 1.03 bits per heavy atom. The van der Waals surface area contributed by atoms with E-state index >= 15 is 0 Å². The fraction of sp³-hybridized carbons (Fsp3) is 0.267. The number of anilines is 1. The summed E-state index contributed by atoms with van der Waals surface area (Å²) in [5.41, 5.74) is 5.28. The van der Waals surface area contributed by atoms with Crippen molar-refractivity contribution < 1.29 is 18.6 Å². The Kier molecular flexibility index (Phi) is 7.24. The molecule has 0 spiro atoms. The number of nitrogens with zero attached hydrogens (tertiary/aromatic N) is 1. The van der Waals surface area contributed by atoms with E-state index in [2.05, 4.69) is 10.2 Å². The summed E-state index contributed by atoms with van der Waals surface area (Å²) in [7, 11) is 3.27. The van der Waals surface area contributed by atoms with Gasteiger partial charge in [-0.1, -0.05) is 18.2 Å². The maximum atomic E-state index is 11.9. The van der Waals surface area contributed by atoms with Crippen molar-refractivity contribution in [1.29, 1.82) is 0 Å². The molecule has 1 aliphatic heterocycles. The molecule has 0 saturated heterocycles. The van der Waals surface area contributed by atoms with E-state index in [1.54, 1.807) is 20.3 Å². The molecule has 0 bridgehead atoms. The number of para-hydroxylation sites is 1. The van der Waals surface area contributed by atoms with Gasteiger partial charge in [-0.05, 0) is 85.1 Å². The van der Waals surface area contributed by atoms with E-state index in [4.69, 9.17) is 30.8 Å². The molecule has 0 radical (unpaired) electrons. The largest absolute Gasteiger partial charge is 0.493 e. The molecule has 0 saturated carbocycles. The van der Waals surface area contributed by atoms with E-state index in [-0.39, 0.29) is 11.7 Å². The highest BCUT2D eigenvalue weighted by atomic mass is 32.1. The summed E-state index contributed by atoms with van der Waals surface area (Å²) in [5, 5.41) is 4.92. The van der Waals surface area contributed by atoms with E-state index in [1.165, 1.54) is 6.07 Å². The first kappa shape index (κ1) is 25.6. The number of thiocarbonyl (C=S) groups is 1. The molecule has 196 valence electrons. The molecular formula is C30H30N2O5S. The Morgan fingerprint density at radius 3 is 2.55 bits per heavy atom. The van der Waals surface area contributed by atoms with Gasteiger partial charge in [0.25, 0.3) is 0 Å². The number of rotatable bonds is 6. The summed E-state index contributed by atoms with van der Waals surface area (Å²) in [4.78, 5) is 14.1. The van der Waals surface area contributed by atoms with Gasteiger partial charge in [-0.2, -0.15) is 0 Å². The summed E-state index contributed by atoms with van der Waals surface area (Å²) in [5.74, 6) is 1.95. The van der Waals surface area contributed by atoms with Crippen molar-refractivity contribution in [2.24, 2.45) is 0 Å². The average Bonchev–Trinajstić information content (AvgIpc) is 2.91. The van der Waals surface area contributed by atoms with Crippen molar-refractivity contribution in [3.05, 3.63) is 93.3 Å². The molecule has 7 nitrogen and oxygen atoms in total. The fourth-order valence-corrected chi connectivity index (χ4v) is 5.25. The average molecular weight is 531 g/mol. The van der Waals surface area contributed by atoms with Crippen LogP contribution in [0.1, 0.15) is 28.3 Å². The Balaban J connectivity index is 1.48. The van der Waals surface area contributed by atoms with E-state index in [1.807, 2.05) is 62.4 Å². The Bertz CT molecular complexity index is 1560. The number of ether oxygens (including phenoxy) is 3. The van der Waals surface area contributed by atoms with Crippen molar-refractivity contribution in [3.8, 4) is 17.2 Å². The highest BCUT2D eigenvalue weighted by Crippen LogP contribution is 2.39. The second kappa shape index (κ2) is 10.8. The Morgan fingerprint density at radius 2 is 1.79 bits per heavy atom. The van der Waals surface area contributed by atoms with Crippen LogP contribution in [0, 0.1) is 13.8 Å². The van der Waals surface area contributed by atoms with Crippen LogP contribution in [0.2, 0.25) is 0 Å². The van der Waals surface area contributed by atoms with Crippen molar-refractivity contribution >= 4 is 34.0 Å². The zero-order chi connectivity index (χ0) is 26.8. The summed E-state index contributed by atoms with van der Waals surface area (Å²) in [6.07, 6.45) is 0.794. The topological polar surface area (TPSA) is 73.2 Å². The van der Waals surface area contributed by atoms with Gasteiger partial charge in [0.05, 0.1) is 20.3 Å². The molecular weight excluding hydrogens is 500 g/mol. The number of methoxy groups -OCH3 is 2. The van der Waals surface area contributed by atoms with E-state index < -0.39 is 0 Å². The first-order chi connectivity index (χ1) is 18.4. The summed E-state index contributed by atoms with van der Waals surface area (Å²) in [6.45, 7) is 4.97. The van der Waals surface area contributed by atoms with Crippen LogP contribution in [0.25, 0.3) is 11.0 Å². The molecule has 0 amide bonds. The first-order valence-electron chi connectivity index (χ1n) is 12.4. The van der Waals surface area contributed by atoms with Crippen LogP contribution < -0.4 is 25.2 Å². The minimum absolute atomic E-state index is 0.192. The monoisotopic (exact) mass is 530 g/mol. The second-order valence-electron chi connectivity index (χ2n) is 9.33. The lowest BCUT2D eigenvalue weighted by atomic mass is 9.92. The summed E-state index contributed by atoms with van der Waals surface area (Å²) in [6, 6.07) is 19.0. The maximum absolute atomic E-state index is 11.9. The number of hydrogen-bond donors (Lipinski definition) is 1. The van der Waals surface area contributed by atoms with E-state index in [9.17, 15) is 4.79 Å². The molecule has 1 aromatic heterocycles. The predicted molar refractivity (Wildman–Crippen MR) is 153 cm³/mol. The quantitative estimate of drug-likeness (QED) is 0.248.